The number of carbonyl (C=O) groups excluding carboxylic acids is 2. The number of hydrogen-bond acceptors (Lipinski definition) is 5. The second-order valence-corrected chi connectivity index (χ2v) is 12.0. The summed E-state index contributed by atoms with van der Waals surface area (Å²) in [4.78, 5) is 24.1. The van der Waals surface area contributed by atoms with Gasteiger partial charge in [0.2, 0.25) is 0 Å². The summed E-state index contributed by atoms with van der Waals surface area (Å²) in [5, 5.41) is 9.51. The van der Waals surface area contributed by atoms with Gasteiger partial charge in [0.15, 0.2) is 6.10 Å². The van der Waals surface area contributed by atoms with Crippen LogP contribution in [0.3, 0.4) is 0 Å². The average molecular weight is 605 g/mol. The number of carbonyl (C=O) groups is 2. The molecule has 0 saturated carbocycles. The molecule has 1 atom stereocenters. The number of ether oxygens (including phenoxy) is 2. The second kappa shape index (κ2) is 34.6. The van der Waals surface area contributed by atoms with E-state index in [-0.39, 0.29) is 25.2 Å². The first-order valence-electron chi connectivity index (χ1n) is 18.0. The van der Waals surface area contributed by atoms with Gasteiger partial charge in [0.05, 0.1) is 6.61 Å². The number of aliphatic hydroxyl groups is 1. The predicted molar refractivity (Wildman–Crippen MR) is 182 cm³/mol. The van der Waals surface area contributed by atoms with Crippen molar-refractivity contribution in [1.29, 1.82) is 0 Å². The van der Waals surface area contributed by atoms with Crippen molar-refractivity contribution in [3.05, 3.63) is 36.5 Å². The molecule has 0 radical (unpaired) electrons. The fourth-order valence-corrected chi connectivity index (χ4v) is 4.91. The molecule has 1 N–H and O–H groups in total. The van der Waals surface area contributed by atoms with Crippen molar-refractivity contribution in [3.8, 4) is 0 Å². The molecule has 0 amide bonds. The topological polar surface area (TPSA) is 72.8 Å². The molecule has 5 heteroatoms. The molecule has 0 aromatic carbocycles. The summed E-state index contributed by atoms with van der Waals surface area (Å²) in [6, 6.07) is 0. The summed E-state index contributed by atoms with van der Waals surface area (Å²) < 4.78 is 10.6. The van der Waals surface area contributed by atoms with Gasteiger partial charge in [0.25, 0.3) is 0 Å². The van der Waals surface area contributed by atoms with Gasteiger partial charge in [-0.15, -0.1) is 0 Å². The molecule has 0 aromatic heterocycles. The van der Waals surface area contributed by atoms with Gasteiger partial charge in [-0.1, -0.05) is 147 Å². The van der Waals surface area contributed by atoms with Gasteiger partial charge in [0.1, 0.15) is 6.61 Å². The van der Waals surface area contributed by atoms with E-state index in [4.69, 9.17) is 9.47 Å². The maximum Gasteiger partial charge on any atom is 0.306 e. The van der Waals surface area contributed by atoms with Crippen LogP contribution in [0.5, 0.6) is 0 Å². The number of esters is 2. The zero-order valence-corrected chi connectivity index (χ0v) is 28.2. The molecule has 0 spiro atoms. The monoisotopic (exact) mass is 605 g/mol. The normalized spacial score (nSPS) is 12.5. The third kappa shape index (κ3) is 32.9. The molecule has 0 bridgehead atoms. The Bertz CT molecular complexity index is 696. The van der Waals surface area contributed by atoms with Gasteiger partial charge in [-0.05, 0) is 51.4 Å². The first kappa shape index (κ1) is 41.1. The van der Waals surface area contributed by atoms with Crippen molar-refractivity contribution in [2.75, 3.05) is 13.2 Å². The number of hydrogen-bond donors (Lipinski definition) is 1. The van der Waals surface area contributed by atoms with E-state index in [0.29, 0.717) is 12.8 Å². The molecular weight excluding hydrogens is 536 g/mol. The number of rotatable bonds is 32. The fraction of sp³-hybridized carbons (Fsp3) is 0.789. The lowest BCUT2D eigenvalue weighted by Gasteiger charge is -2.15. The Hall–Kier alpha value is -1.88. The van der Waals surface area contributed by atoms with Crippen LogP contribution in [0, 0.1) is 0 Å². The molecule has 0 rings (SSSR count). The zero-order chi connectivity index (χ0) is 31.5. The van der Waals surface area contributed by atoms with Crippen molar-refractivity contribution in [2.24, 2.45) is 0 Å². The van der Waals surface area contributed by atoms with Crippen LogP contribution in [0.15, 0.2) is 36.5 Å². The Morgan fingerprint density at radius 1 is 0.535 bits per heavy atom. The van der Waals surface area contributed by atoms with Gasteiger partial charge in [0, 0.05) is 12.8 Å². The van der Waals surface area contributed by atoms with Gasteiger partial charge in [-0.25, -0.2) is 0 Å². The summed E-state index contributed by atoms with van der Waals surface area (Å²) in [7, 11) is 0. The largest absolute Gasteiger partial charge is 0.462 e. The smallest absolute Gasteiger partial charge is 0.306 e. The Kier molecular flexibility index (Phi) is 33.1. The van der Waals surface area contributed by atoms with Gasteiger partial charge in [-0.2, -0.15) is 0 Å². The minimum Gasteiger partial charge on any atom is -0.462 e. The molecular formula is C38H68O5. The molecule has 0 aromatic rings. The van der Waals surface area contributed by atoms with Crippen LogP contribution in [0.4, 0.5) is 0 Å². The van der Waals surface area contributed by atoms with Gasteiger partial charge in [-0.3, -0.25) is 9.59 Å². The quantitative estimate of drug-likeness (QED) is 0.0470. The minimum atomic E-state index is -0.776. The number of aliphatic hydroxyl groups excluding tert-OH is 1. The highest BCUT2D eigenvalue weighted by Gasteiger charge is 2.16. The Labute approximate surface area is 266 Å². The van der Waals surface area contributed by atoms with E-state index in [1.807, 2.05) is 0 Å². The highest BCUT2D eigenvalue weighted by Crippen LogP contribution is 2.13. The highest BCUT2D eigenvalue weighted by molar-refractivity contribution is 5.70. The van der Waals surface area contributed by atoms with E-state index in [2.05, 4.69) is 50.3 Å². The SMILES string of the molecule is CCCCC/C=C/C/C=C/C/C=C/CCCCCCC(=O)OC[C@H](CO)OC(=O)CCCCCCCCCCCCCC. The van der Waals surface area contributed by atoms with E-state index in [0.717, 1.165) is 64.2 Å². The molecule has 5 nitrogen and oxygen atoms in total. The van der Waals surface area contributed by atoms with Crippen molar-refractivity contribution < 1.29 is 24.2 Å². The lowest BCUT2D eigenvalue weighted by Crippen LogP contribution is -2.28. The van der Waals surface area contributed by atoms with Gasteiger partial charge >= 0.3 is 11.9 Å². The van der Waals surface area contributed by atoms with E-state index >= 15 is 0 Å². The number of unbranched alkanes of at least 4 members (excludes halogenated alkanes) is 18. The van der Waals surface area contributed by atoms with Crippen LogP contribution in [0.2, 0.25) is 0 Å². The standard InChI is InChI=1S/C38H68O5/c1-3-5-7-9-11-13-15-17-18-19-20-21-23-24-26-28-30-32-37(40)42-35-36(34-39)43-38(41)33-31-29-27-25-22-16-14-12-10-8-6-4-2/h11,13,17-18,20-21,36,39H,3-10,12,14-16,19,22-35H2,1-2H3/b13-11+,18-17+,21-20+/t36-/m0/s1. The Morgan fingerprint density at radius 3 is 1.44 bits per heavy atom. The average Bonchev–Trinajstić information content (AvgIpc) is 3.01. The third-order valence-corrected chi connectivity index (χ3v) is 7.69. The first-order chi connectivity index (χ1) is 21.1. The van der Waals surface area contributed by atoms with Crippen LogP contribution in [-0.4, -0.2) is 36.4 Å². The molecule has 0 saturated heterocycles. The summed E-state index contributed by atoms with van der Waals surface area (Å²) in [5.74, 6) is -0.615. The Balaban J connectivity index is 3.62. The molecule has 0 unspecified atom stereocenters. The maximum atomic E-state index is 12.1. The van der Waals surface area contributed by atoms with Crippen LogP contribution in [0.25, 0.3) is 0 Å². The van der Waals surface area contributed by atoms with Crippen molar-refractivity contribution in [1.82, 2.24) is 0 Å². The van der Waals surface area contributed by atoms with E-state index < -0.39 is 6.10 Å². The van der Waals surface area contributed by atoms with Crippen LogP contribution >= 0.6 is 0 Å². The predicted octanol–water partition coefficient (Wildman–Crippen LogP) is 10.9. The minimum absolute atomic E-state index is 0.0754. The lowest BCUT2D eigenvalue weighted by molar-refractivity contribution is -0.161. The number of allylic oxidation sites excluding steroid dienone is 6. The molecule has 0 aliphatic rings. The van der Waals surface area contributed by atoms with Crippen molar-refractivity contribution >= 4 is 11.9 Å². The molecule has 250 valence electrons. The van der Waals surface area contributed by atoms with Crippen molar-refractivity contribution in [3.63, 3.8) is 0 Å². The van der Waals surface area contributed by atoms with Gasteiger partial charge < -0.3 is 14.6 Å². The maximum absolute atomic E-state index is 12.1. The molecule has 0 aliphatic heterocycles. The molecule has 0 aliphatic carbocycles. The Morgan fingerprint density at radius 2 is 0.930 bits per heavy atom. The van der Waals surface area contributed by atoms with Crippen LogP contribution < -0.4 is 0 Å². The molecule has 0 heterocycles. The van der Waals surface area contributed by atoms with Crippen LogP contribution in [-0.2, 0) is 19.1 Å². The van der Waals surface area contributed by atoms with Crippen LogP contribution in [0.1, 0.15) is 174 Å². The van der Waals surface area contributed by atoms with E-state index in [9.17, 15) is 14.7 Å². The van der Waals surface area contributed by atoms with Crippen molar-refractivity contribution in [2.45, 2.75) is 180 Å². The lowest BCUT2D eigenvalue weighted by atomic mass is 10.0. The molecule has 0 fully saturated rings. The summed E-state index contributed by atoms with van der Waals surface area (Å²) >= 11 is 0. The summed E-state index contributed by atoms with van der Waals surface area (Å²) in [6.45, 7) is 4.08. The highest BCUT2D eigenvalue weighted by atomic mass is 16.6. The van der Waals surface area contributed by atoms with E-state index in [1.165, 1.54) is 83.5 Å². The fourth-order valence-electron chi connectivity index (χ4n) is 4.91. The summed E-state index contributed by atoms with van der Waals surface area (Å²) in [5.41, 5.74) is 0. The zero-order valence-electron chi connectivity index (χ0n) is 28.2. The molecule has 43 heavy (non-hydrogen) atoms. The first-order valence-corrected chi connectivity index (χ1v) is 18.0. The van der Waals surface area contributed by atoms with E-state index in [1.54, 1.807) is 0 Å². The second-order valence-electron chi connectivity index (χ2n) is 12.0. The third-order valence-electron chi connectivity index (χ3n) is 7.69. The summed E-state index contributed by atoms with van der Waals surface area (Å²) in [6.07, 6.45) is 40.5.